The number of carbonyl (C=O) groups excluding carboxylic acids is 2. The number of benzene rings is 1. The number of halogens is 1. The van der Waals surface area contributed by atoms with Gasteiger partial charge in [0.2, 0.25) is 10.0 Å². The first-order valence-corrected chi connectivity index (χ1v) is 8.95. The number of sulfonamides is 1. The number of esters is 1. The summed E-state index contributed by atoms with van der Waals surface area (Å²) in [5.41, 5.74) is 0. The second-order valence-electron chi connectivity index (χ2n) is 5.29. The van der Waals surface area contributed by atoms with Crippen LogP contribution in [0.5, 0.6) is 0 Å². The minimum Gasteiger partial charge on any atom is -0.454 e. The van der Waals surface area contributed by atoms with Crippen molar-refractivity contribution < 1.29 is 27.1 Å². The van der Waals surface area contributed by atoms with Crippen LogP contribution in [0.15, 0.2) is 29.2 Å². The van der Waals surface area contributed by atoms with Gasteiger partial charge >= 0.3 is 5.97 Å². The first-order chi connectivity index (χ1) is 11.9. The molecule has 1 fully saturated rings. The molecule has 1 unspecified atom stereocenters. The summed E-state index contributed by atoms with van der Waals surface area (Å²) in [6.07, 6.45) is 5.65. The van der Waals surface area contributed by atoms with Gasteiger partial charge in [-0.25, -0.2) is 12.8 Å². The summed E-state index contributed by atoms with van der Waals surface area (Å²) in [7, 11) is -4.19. The molecule has 25 heavy (non-hydrogen) atoms. The van der Waals surface area contributed by atoms with Crippen LogP contribution in [0.1, 0.15) is 12.8 Å². The summed E-state index contributed by atoms with van der Waals surface area (Å²) < 4.78 is 44.9. The van der Waals surface area contributed by atoms with Crippen LogP contribution in [-0.4, -0.2) is 50.3 Å². The number of ether oxygens (including phenoxy) is 1. The van der Waals surface area contributed by atoms with Gasteiger partial charge < -0.3 is 10.1 Å². The maximum Gasteiger partial charge on any atom is 0.324 e. The highest BCUT2D eigenvalue weighted by molar-refractivity contribution is 7.89. The van der Waals surface area contributed by atoms with E-state index in [0.29, 0.717) is 6.42 Å². The third-order valence-electron chi connectivity index (χ3n) is 3.63. The molecule has 1 saturated heterocycles. The largest absolute Gasteiger partial charge is 0.454 e. The number of nitrogens with zero attached hydrogens (tertiary/aromatic N) is 1. The van der Waals surface area contributed by atoms with Crippen LogP contribution in [0.25, 0.3) is 0 Å². The lowest BCUT2D eigenvalue weighted by Gasteiger charge is -2.22. The van der Waals surface area contributed by atoms with Crippen molar-refractivity contribution in [1.29, 1.82) is 0 Å². The van der Waals surface area contributed by atoms with Gasteiger partial charge in [0, 0.05) is 6.54 Å². The molecule has 1 aromatic carbocycles. The third-order valence-corrected chi connectivity index (χ3v) is 5.57. The monoisotopic (exact) mass is 368 g/mol. The molecule has 1 atom stereocenters. The Labute approximate surface area is 145 Å². The number of rotatable bonds is 6. The first-order valence-electron chi connectivity index (χ1n) is 7.51. The molecular weight excluding hydrogens is 351 g/mol. The molecule has 0 aromatic heterocycles. The number of hydrogen-bond acceptors (Lipinski definition) is 5. The van der Waals surface area contributed by atoms with Gasteiger partial charge in [0.15, 0.2) is 6.61 Å². The highest BCUT2D eigenvalue weighted by atomic mass is 32.2. The van der Waals surface area contributed by atoms with Crippen LogP contribution in [0.4, 0.5) is 4.39 Å². The Morgan fingerprint density at radius 2 is 2.12 bits per heavy atom. The molecule has 0 aliphatic carbocycles. The summed E-state index contributed by atoms with van der Waals surface area (Å²) in [6.45, 7) is -0.502. The Kier molecular flexibility index (Phi) is 6.12. The number of hydrogen-bond donors (Lipinski definition) is 1. The molecule has 1 aromatic rings. The molecule has 1 N–H and O–H groups in total. The topological polar surface area (TPSA) is 92.8 Å². The van der Waals surface area contributed by atoms with Crippen molar-refractivity contribution in [3.05, 3.63) is 30.1 Å². The lowest BCUT2D eigenvalue weighted by Crippen LogP contribution is -2.42. The molecule has 1 heterocycles. The van der Waals surface area contributed by atoms with Crippen LogP contribution in [-0.2, 0) is 24.3 Å². The van der Waals surface area contributed by atoms with Crippen molar-refractivity contribution in [2.75, 3.05) is 19.7 Å². The van der Waals surface area contributed by atoms with Crippen LogP contribution < -0.4 is 5.32 Å². The molecule has 1 aliphatic rings. The average molecular weight is 368 g/mol. The summed E-state index contributed by atoms with van der Waals surface area (Å²) in [5, 5.41) is 2.32. The minimum absolute atomic E-state index is 0.00635. The third kappa shape index (κ3) is 4.35. The van der Waals surface area contributed by atoms with Crippen molar-refractivity contribution in [3.8, 4) is 12.3 Å². The van der Waals surface area contributed by atoms with Crippen molar-refractivity contribution >= 4 is 21.9 Å². The summed E-state index contributed by atoms with van der Waals surface area (Å²) in [5.74, 6) is -0.141. The molecule has 1 amide bonds. The molecule has 134 valence electrons. The molecule has 0 bridgehead atoms. The van der Waals surface area contributed by atoms with Gasteiger partial charge in [-0.15, -0.1) is 6.42 Å². The normalized spacial score (nSPS) is 17.7. The predicted molar refractivity (Wildman–Crippen MR) is 86.1 cm³/mol. The number of nitrogens with one attached hydrogen (secondary N) is 1. The van der Waals surface area contributed by atoms with Gasteiger partial charge in [-0.3, -0.25) is 9.59 Å². The maximum atomic E-state index is 13.8. The van der Waals surface area contributed by atoms with Gasteiger partial charge in [0.25, 0.3) is 5.91 Å². The van der Waals surface area contributed by atoms with E-state index in [1.807, 2.05) is 0 Å². The molecular formula is C16H17FN2O5S. The zero-order chi connectivity index (χ0) is 18.4. The van der Waals surface area contributed by atoms with E-state index in [0.717, 1.165) is 16.4 Å². The van der Waals surface area contributed by atoms with E-state index >= 15 is 0 Å². The molecule has 1 aliphatic heterocycles. The minimum atomic E-state index is -4.19. The molecule has 9 heteroatoms. The van der Waals surface area contributed by atoms with Crippen LogP contribution in [0.2, 0.25) is 0 Å². The Bertz CT molecular complexity index is 803. The van der Waals surface area contributed by atoms with E-state index in [1.54, 1.807) is 0 Å². The number of amides is 1. The van der Waals surface area contributed by atoms with E-state index < -0.39 is 45.3 Å². The van der Waals surface area contributed by atoms with Gasteiger partial charge in [-0.2, -0.15) is 4.31 Å². The van der Waals surface area contributed by atoms with E-state index in [-0.39, 0.29) is 19.5 Å². The molecule has 0 saturated carbocycles. The van der Waals surface area contributed by atoms with Gasteiger partial charge in [0.05, 0.1) is 6.54 Å². The van der Waals surface area contributed by atoms with Crippen molar-refractivity contribution in [1.82, 2.24) is 9.62 Å². The summed E-state index contributed by atoms with van der Waals surface area (Å²) in [4.78, 5) is 23.1. The molecule has 0 spiro atoms. The van der Waals surface area contributed by atoms with E-state index in [4.69, 9.17) is 11.2 Å². The van der Waals surface area contributed by atoms with Crippen LogP contribution >= 0.6 is 0 Å². The molecule has 0 radical (unpaired) electrons. The van der Waals surface area contributed by atoms with E-state index in [2.05, 4.69) is 11.2 Å². The highest BCUT2D eigenvalue weighted by Crippen LogP contribution is 2.28. The number of terminal acetylenes is 1. The average Bonchev–Trinajstić information content (AvgIpc) is 3.08. The number of carbonyl (C=O) groups is 2. The Morgan fingerprint density at radius 1 is 1.40 bits per heavy atom. The predicted octanol–water partition coefficient (Wildman–Crippen LogP) is 0.271. The van der Waals surface area contributed by atoms with Crippen molar-refractivity contribution in [2.45, 2.75) is 23.8 Å². The smallest absolute Gasteiger partial charge is 0.324 e. The zero-order valence-corrected chi connectivity index (χ0v) is 14.1. The fourth-order valence-electron chi connectivity index (χ4n) is 2.48. The zero-order valence-electron chi connectivity index (χ0n) is 13.3. The Balaban J connectivity index is 2.09. The Hall–Kier alpha value is -2.44. The quantitative estimate of drug-likeness (QED) is 0.575. The standard InChI is InChI=1S/C16H17FN2O5S/c1-2-9-18-15(20)11-24-16(21)13-7-5-10-19(13)25(22,23)14-8-4-3-6-12(14)17/h1,3-4,6,8,13H,5,7,9-11H2,(H,18,20). The molecule has 2 rings (SSSR count). The van der Waals surface area contributed by atoms with E-state index in [1.165, 1.54) is 12.1 Å². The Morgan fingerprint density at radius 3 is 2.80 bits per heavy atom. The van der Waals surface area contributed by atoms with Crippen LogP contribution in [0.3, 0.4) is 0 Å². The fraction of sp³-hybridized carbons (Fsp3) is 0.375. The maximum absolute atomic E-state index is 13.8. The summed E-state index contributed by atoms with van der Waals surface area (Å²) >= 11 is 0. The van der Waals surface area contributed by atoms with E-state index in [9.17, 15) is 22.4 Å². The first kappa shape index (κ1) is 18.9. The van der Waals surface area contributed by atoms with Gasteiger partial charge in [-0.1, -0.05) is 18.1 Å². The van der Waals surface area contributed by atoms with Crippen LogP contribution in [0, 0.1) is 18.2 Å². The van der Waals surface area contributed by atoms with Crippen molar-refractivity contribution in [3.63, 3.8) is 0 Å². The van der Waals surface area contributed by atoms with Gasteiger partial charge in [-0.05, 0) is 25.0 Å². The lowest BCUT2D eigenvalue weighted by molar-refractivity contribution is -0.151. The second-order valence-corrected chi connectivity index (χ2v) is 7.15. The summed E-state index contributed by atoms with van der Waals surface area (Å²) in [6, 6.07) is 3.85. The van der Waals surface area contributed by atoms with Crippen molar-refractivity contribution in [2.24, 2.45) is 0 Å². The van der Waals surface area contributed by atoms with Gasteiger partial charge in [0.1, 0.15) is 16.8 Å². The fourth-order valence-corrected chi connectivity index (χ4v) is 4.19. The molecule has 7 nitrogen and oxygen atoms in total. The SMILES string of the molecule is C#CCNC(=O)COC(=O)C1CCCN1S(=O)(=O)c1ccccc1F. The second kappa shape index (κ2) is 8.09. The highest BCUT2D eigenvalue weighted by Gasteiger charge is 2.41. The lowest BCUT2D eigenvalue weighted by atomic mass is 10.2.